The first-order chi connectivity index (χ1) is 15.5. The van der Waals surface area contributed by atoms with E-state index >= 15 is 0 Å². The van der Waals surface area contributed by atoms with Gasteiger partial charge in [0.1, 0.15) is 5.78 Å². The average molecular weight is 442 g/mol. The molecule has 1 aliphatic carbocycles. The van der Waals surface area contributed by atoms with Gasteiger partial charge in [-0.25, -0.2) is 0 Å². The topological polar surface area (TPSA) is 52.7 Å². The molecule has 3 rings (SSSR count). The molecular formula is C27H43N3O2. The summed E-state index contributed by atoms with van der Waals surface area (Å²) in [5.41, 5.74) is 1.35. The van der Waals surface area contributed by atoms with E-state index in [1.807, 2.05) is 14.0 Å². The fraction of sp³-hybridized carbons (Fsp3) is 0.704. The Hall–Kier alpha value is -1.72. The van der Waals surface area contributed by atoms with Gasteiger partial charge in [0.15, 0.2) is 0 Å². The van der Waals surface area contributed by atoms with E-state index in [-0.39, 0.29) is 29.7 Å². The predicted octanol–water partition coefficient (Wildman–Crippen LogP) is 3.92. The summed E-state index contributed by atoms with van der Waals surface area (Å²) in [6.07, 6.45) is 9.38. The van der Waals surface area contributed by atoms with Crippen LogP contribution >= 0.6 is 0 Å². The number of nitrogens with one attached hydrogen (secondary N) is 1. The van der Waals surface area contributed by atoms with Gasteiger partial charge < -0.3 is 15.1 Å². The Balaban J connectivity index is 1.62. The van der Waals surface area contributed by atoms with Crippen LogP contribution in [0.5, 0.6) is 0 Å². The second-order valence-electron chi connectivity index (χ2n) is 10.0. The number of carbonyl (C=O) groups is 2. The SMILES string of the molecule is CN[C@@H](C)C(=O)C[C@@H](C(=O)N1CCC[C@H]1CN(C)CCc1ccccc1)C1CCCCC1. The Morgan fingerprint density at radius 2 is 1.81 bits per heavy atom. The van der Waals surface area contributed by atoms with Gasteiger partial charge in [0.25, 0.3) is 0 Å². The van der Waals surface area contributed by atoms with Gasteiger partial charge in [-0.15, -0.1) is 0 Å². The Kier molecular flexibility index (Phi) is 9.73. The van der Waals surface area contributed by atoms with Crippen molar-refractivity contribution >= 4 is 11.7 Å². The van der Waals surface area contributed by atoms with Crippen molar-refractivity contribution < 1.29 is 9.59 Å². The van der Waals surface area contributed by atoms with Crippen LogP contribution in [-0.2, 0) is 16.0 Å². The fourth-order valence-electron chi connectivity index (χ4n) is 5.49. The molecule has 1 N–H and O–H groups in total. The van der Waals surface area contributed by atoms with Gasteiger partial charge in [0.05, 0.1) is 6.04 Å². The van der Waals surface area contributed by atoms with Crippen molar-refractivity contribution in [1.82, 2.24) is 15.1 Å². The molecule has 1 heterocycles. The molecule has 1 amide bonds. The molecule has 0 aromatic heterocycles. The van der Waals surface area contributed by atoms with E-state index in [9.17, 15) is 9.59 Å². The first-order valence-corrected chi connectivity index (χ1v) is 12.7. The van der Waals surface area contributed by atoms with Gasteiger partial charge >= 0.3 is 0 Å². The van der Waals surface area contributed by atoms with Crippen molar-refractivity contribution in [2.45, 2.75) is 76.8 Å². The normalized spacial score (nSPS) is 21.6. The van der Waals surface area contributed by atoms with E-state index in [0.717, 1.165) is 51.7 Å². The molecule has 2 fully saturated rings. The number of benzene rings is 1. The van der Waals surface area contributed by atoms with E-state index in [2.05, 4.69) is 52.5 Å². The molecular weight excluding hydrogens is 398 g/mol. The van der Waals surface area contributed by atoms with E-state index in [1.54, 1.807) is 0 Å². The molecule has 178 valence electrons. The number of rotatable bonds is 11. The maximum atomic E-state index is 13.8. The Morgan fingerprint density at radius 3 is 2.50 bits per heavy atom. The molecule has 1 saturated carbocycles. The van der Waals surface area contributed by atoms with Crippen LogP contribution in [0.4, 0.5) is 0 Å². The first kappa shape index (κ1) is 24.9. The lowest BCUT2D eigenvalue weighted by Gasteiger charge is -2.36. The molecule has 1 aliphatic heterocycles. The molecule has 3 atom stereocenters. The van der Waals surface area contributed by atoms with Crippen molar-refractivity contribution in [1.29, 1.82) is 0 Å². The zero-order valence-electron chi connectivity index (χ0n) is 20.4. The quantitative estimate of drug-likeness (QED) is 0.566. The number of nitrogens with zero attached hydrogens (tertiary/aromatic N) is 2. The zero-order valence-corrected chi connectivity index (χ0v) is 20.4. The summed E-state index contributed by atoms with van der Waals surface area (Å²) in [5, 5.41) is 3.06. The van der Waals surface area contributed by atoms with Crippen LogP contribution in [0, 0.1) is 11.8 Å². The molecule has 0 bridgehead atoms. The van der Waals surface area contributed by atoms with Crippen molar-refractivity contribution in [2.75, 3.05) is 33.7 Å². The van der Waals surface area contributed by atoms with Crippen LogP contribution in [0.1, 0.15) is 63.9 Å². The summed E-state index contributed by atoms with van der Waals surface area (Å²) in [5.74, 6) is 0.634. The second-order valence-corrected chi connectivity index (χ2v) is 10.0. The van der Waals surface area contributed by atoms with E-state index in [1.165, 1.54) is 24.8 Å². The van der Waals surface area contributed by atoms with Crippen LogP contribution in [-0.4, -0.2) is 67.3 Å². The third-order valence-electron chi connectivity index (χ3n) is 7.68. The smallest absolute Gasteiger partial charge is 0.226 e. The summed E-state index contributed by atoms with van der Waals surface area (Å²) in [4.78, 5) is 31.1. The number of hydrogen-bond donors (Lipinski definition) is 1. The van der Waals surface area contributed by atoms with Crippen LogP contribution in [0.3, 0.4) is 0 Å². The molecule has 32 heavy (non-hydrogen) atoms. The van der Waals surface area contributed by atoms with Crippen molar-refractivity contribution in [2.24, 2.45) is 11.8 Å². The van der Waals surface area contributed by atoms with Crippen LogP contribution in [0.25, 0.3) is 0 Å². The lowest BCUT2D eigenvalue weighted by molar-refractivity contribution is -0.141. The number of Topliss-reactive ketones (excluding diaryl/α,β-unsaturated/α-hetero) is 1. The highest BCUT2D eigenvalue weighted by Gasteiger charge is 2.38. The fourth-order valence-corrected chi connectivity index (χ4v) is 5.49. The summed E-state index contributed by atoms with van der Waals surface area (Å²) in [6.45, 7) is 4.66. The Labute approximate surface area is 194 Å². The van der Waals surface area contributed by atoms with Crippen LogP contribution in [0.15, 0.2) is 30.3 Å². The summed E-state index contributed by atoms with van der Waals surface area (Å²) >= 11 is 0. The summed E-state index contributed by atoms with van der Waals surface area (Å²) < 4.78 is 0. The van der Waals surface area contributed by atoms with Gasteiger partial charge in [-0.2, -0.15) is 0 Å². The summed E-state index contributed by atoms with van der Waals surface area (Å²) in [7, 11) is 3.99. The molecule has 1 saturated heterocycles. The zero-order chi connectivity index (χ0) is 22.9. The minimum absolute atomic E-state index is 0.145. The second kappa shape index (κ2) is 12.5. The Morgan fingerprint density at radius 1 is 1.09 bits per heavy atom. The van der Waals surface area contributed by atoms with Gasteiger partial charge in [-0.1, -0.05) is 49.6 Å². The minimum atomic E-state index is -0.188. The molecule has 1 aromatic rings. The van der Waals surface area contributed by atoms with Gasteiger partial charge in [0.2, 0.25) is 5.91 Å². The third-order valence-corrected chi connectivity index (χ3v) is 7.68. The lowest BCUT2D eigenvalue weighted by Crippen LogP contribution is -2.47. The van der Waals surface area contributed by atoms with E-state index in [4.69, 9.17) is 0 Å². The lowest BCUT2D eigenvalue weighted by atomic mass is 9.76. The third kappa shape index (κ3) is 6.89. The largest absolute Gasteiger partial charge is 0.338 e. The molecule has 2 aliphatic rings. The number of carbonyl (C=O) groups excluding carboxylic acids is 2. The molecule has 0 spiro atoms. The van der Waals surface area contributed by atoms with Crippen molar-refractivity contribution in [3.63, 3.8) is 0 Å². The highest BCUT2D eigenvalue weighted by molar-refractivity contribution is 5.90. The standard InChI is InChI=1S/C27H43N3O2/c1-21(28-2)26(31)19-25(23-13-8-5-9-14-23)27(32)30-17-10-15-24(30)20-29(3)18-16-22-11-6-4-7-12-22/h4,6-7,11-12,21,23-25,28H,5,8-10,13-20H2,1-3H3/t21-,24-,25+/m0/s1. The minimum Gasteiger partial charge on any atom is -0.338 e. The summed E-state index contributed by atoms with van der Waals surface area (Å²) in [6, 6.07) is 10.7. The highest BCUT2D eigenvalue weighted by Crippen LogP contribution is 2.35. The number of hydrogen-bond acceptors (Lipinski definition) is 4. The van der Waals surface area contributed by atoms with Gasteiger partial charge in [0, 0.05) is 38.0 Å². The van der Waals surface area contributed by atoms with E-state index < -0.39 is 0 Å². The molecule has 5 heteroatoms. The van der Waals surface area contributed by atoms with Gasteiger partial charge in [-0.05, 0) is 64.6 Å². The van der Waals surface area contributed by atoms with E-state index in [0.29, 0.717) is 12.3 Å². The molecule has 0 radical (unpaired) electrons. The maximum Gasteiger partial charge on any atom is 0.226 e. The number of likely N-dealkylation sites (N-methyl/N-ethyl adjacent to an activating group) is 2. The average Bonchev–Trinajstić information content (AvgIpc) is 3.29. The maximum absolute atomic E-state index is 13.8. The van der Waals surface area contributed by atoms with Crippen molar-refractivity contribution in [3.8, 4) is 0 Å². The van der Waals surface area contributed by atoms with Gasteiger partial charge in [-0.3, -0.25) is 9.59 Å². The number of likely N-dealkylation sites (tertiary alicyclic amines) is 1. The Bertz CT molecular complexity index is 717. The number of ketones is 1. The molecule has 0 unspecified atom stereocenters. The predicted molar refractivity (Wildman–Crippen MR) is 131 cm³/mol. The van der Waals surface area contributed by atoms with Crippen LogP contribution in [0.2, 0.25) is 0 Å². The molecule has 5 nitrogen and oxygen atoms in total. The number of amides is 1. The van der Waals surface area contributed by atoms with Crippen LogP contribution < -0.4 is 5.32 Å². The monoisotopic (exact) mass is 441 g/mol. The molecule has 1 aromatic carbocycles. The van der Waals surface area contributed by atoms with Crippen molar-refractivity contribution in [3.05, 3.63) is 35.9 Å². The first-order valence-electron chi connectivity index (χ1n) is 12.7. The highest BCUT2D eigenvalue weighted by atomic mass is 16.2.